The largest absolute Gasteiger partial charge is 0.417 e. The summed E-state index contributed by atoms with van der Waals surface area (Å²) in [4.78, 5) is 30.2. The van der Waals surface area contributed by atoms with Crippen LogP contribution < -0.4 is 5.32 Å². The Bertz CT molecular complexity index is 919. The van der Waals surface area contributed by atoms with Gasteiger partial charge in [-0.25, -0.2) is 4.98 Å². The lowest BCUT2D eigenvalue weighted by Gasteiger charge is -2.28. The number of amides is 2. The van der Waals surface area contributed by atoms with E-state index in [1.54, 1.807) is 0 Å². The summed E-state index contributed by atoms with van der Waals surface area (Å²) in [6.07, 6.45) is -4.34. The fraction of sp³-hybridized carbons (Fsp3) is 0.556. The summed E-state index contributed by atoms with van der Waals surface area (Å²) < 4.78 is 38.0. The van der Waals surface area contributed by atoms with Gasteiger partial charge >= 0.3 is 6.18 Å². The van der Waals surface area contributed by atoms with Gasteiger partial charge in [0.1, 0.15) is 5.82 Å². The Balaban J connectivity index is 1.41. The molecule has 1 aromatic rings. The minimum Gasteiger partial charge on any atom is -0.391 e. The van der Waals surface area contributed by atoms with Crippen molar-refractivity contribution >= 4 is 29.2 Å². The summed E-state index contributed by atoms with van der Waals surface area (Å²) in [5.74, 6) is -3.30. The first-order valence-electron chi connectivity index (χ1n) is 9.04. The first-order chi connectivity index (χ1) is 13.6. The van der Waals surface area contributed by atoms with Crippen molar-refractivity contribution in [3.8, 4) is 6.07 Å². The number of carbonyl (C=O) groups excluding carboxylic acids is 2. The van der Waals surface area contributed by atoms with Crippen LogP contribution in [0, 0.1) is 40.9 Å². The lowest BCUT2D eigenvalue weighted by atomic mass is 9.74. The summed E-state index contributed by atoms with van der Waals surface area (Å²) in [6, 6.07) is 2.79. The van der Waals surface area contributed by atoms with Crippen LogP contribution in [0.15, 0.2) is 12.3 Å². The summed E-state index contributed by atoms with van der Waals surface area (Å²) in [5.41, 5.74) is -0.980. The van der Waals surface area contributed by atoms with Crippen LogP contribution in [0.1, 0.15) is 12.0 Å². The van der Waals surface area contributed by atoms with E-state index in [9.17, 15) is 33.1 Å². The van der Waals surface area contributed by atoms with Crippen LogP contribution in [0.25, 0.3) is 0 Å². The normalized spacial score (nSPS) is 33.2. The standard InChI is InChI=1S/C18H16ClF3N4O3/c19-11-3-7(18(20,21)22)6-25-15(11)24-1-2-26-16(28)12-8-4-9(13(12)17(26)29)14(27)10(8)5-23/h3,6,8-10,12-14,27H,1-2,4H2,(H,24,25)/t8-,9+,10+,12-,13+,14-/m1/s1. The van der Waals surface area contributed by atoms with E-state index < -0.39 is 41.5 Å². The number of rotatable bonds is 4. The number of halogens is 4. The van der Waals surface area contributed by atoms with Gasteiger partial charge < -0.3 is 10.4 Å². The Morgan fingerprint density at radius 1 is 1.31 bits per heavy atom. The molecule has 1 aromatic heterocycles. The molecule has 1 aliphatic heterocycles. The number of aliphatic hydroxyl groups is 1. The van der Waals surface area contributed by atoms with E-state index in [1.165, 1.54) is 0 Å². The van der Waals surface area contributed by atoms with Gasteiger partial charge in [-0.05, 0) is 24.3 Å². The molecule has 2 heterocycles. The van der Waals surface area contributed by atoms with E-state index in [0.717, 1.165) is 11.0 Å². The summed E-state index contributed by atoms with van der Waals surface area (Å²) in [7, 11) is 0. The van der Waals surface area contributed by atoms with Gasteiger partial charge in [0, 0.05) is 19.3 Å². The van der Waals surface area contributed by atoms with Gasteiger partial charge in [0.2, 0.25) is 11.8 Å². The second kappa shape index (κ2) is 6.85. The predicted molar refractivity (Wildman–Crippen MR) is 93.1 cm³/mol. The summed E-state index contributed by atoms with van der Waals surface area (Å²) >= 11 is 5.83. The maximum atomic E-state index is 12.7. The second-order valence-corrected chi connectivity index (χ2v) is 7.97. The topological polar surface area (TPSA) is 106 Å². The highest BCUT2D eigenvalue weighted by molar-refractivity contribution is 6.33. The molecule has 2 saturated carbocycles. The third-order valence-electron chi connectivity index (χ3n) is 6.17. The van der Waals surface area contributed by atoms with E-state index in [2.05, 4.69) is 10.3 Å². The molecule has 11 heteroatoms. The van der Waals surface area contributed by atoms with Crippen molar-refractivity contribution in [2.45, 2.75) is 18.7 Å². The van der Waals surface area contributed by atoms with Crippen molar-refractivity contribution in [1.29, 1.82) is 5.26 Å². The molecule has 0 unspecified atom stereocenters. The second-order valence-electron chi connectivity index (χ2n) is 7.57. The Morgan fingerprint density at radius 3 is 2.55 bits per heavy atom. The average Bonchev–Trinajstić information content (AvgIpc) is 3.26. The van der Waals surface area contributed by atoms with Crippen molar-refractivity contribution < 1.29 is 27.9 Å². The van der Waals surface area contributed by atoms with Gasteiger partial charge in [0.25, 0.3) is 0 Å². The van der Waals surface area contributed by atoms with E-state index in [0.29, 0.717) is 12.6 Å². The highest BCUT2D eigenvalue weighted by Gasteiger charge is 2.67. The molecule has 154 valence electrons. The molecule has 4 rings (SSSR count). The number of likely N-dealkylation sites (tertiary alicyclic amines) is 1. The molecule has 6 atom stereocenters. The van der Waals surface area contributed by atoms with Crippen LogP contribution >= 0.6 is 11.6 Å². The zero-order valence-electron chi connectivity index (χ0n) is 14.9. The fourth-order valence-electron chi connectivity index (χ4n) is 4.93. The van der Waals surface area contributed by atoms with Crippen molar-refractivity contribution in [3.05, 3.63) is 22.8 Å². The summed E-state index contributed by atoms with van der Waals surface area (Å²) in [5, 5.41) is 22.0. The van der Waals surface area contributed by atoms with E-state index in [4.69, 9.17) is 11.6 Å². The number of nitrogens with one attached hydrogen (secondary N) is 1. The van der Waals surface area contributed by atoms with Gasteiger partial charge in [0.15, 0.2) is 0 Å². The van der Waals surface area contributed by atoms with Gasteiger partial charge in [0.05, 0.1) is 40.5 Å². The zero-order valence-corrected chi connectivity index (χ0v) is 15.6. The molecule has 0 aromatic carbocycles. The first kappa shape index (κ1) is 19.9. The Kier molecular flexibility index (Phi) is 4.70. The number of imide groups is 1. The SMILES string of the molecule is N#C[C@@H]1[C@H](O)[C@H]2C[C@H]1[C@H]1C(=O)N(CCNc3ncc(C(F)(F)F)cc3Cl)C(=O)[C@@H]21. The Morgan fingerprint density at radius 2 is 1.97 bits per heavy atom. The fourth-order valence-corrected chi connectivity index (χ4v) is 5.16. The molecule has 2 aliphatic carbocycles. The molecule has 0 spiro atoms. The van der Waals surface area contributed by atoms with Crippen LogP contribution in [0.4, 0.5) is 19.0 Å². The number of alkyl halides is 3. The number of hydrogen-bond donors (Lipinski definition) is 2. The van der Waals surface area contributed by atoms with Gasteiger partial charge in [-0.15, -0.1) is 0 Å². The van der Waals surface area contributed by atoms with Gasteiger partial charge in [-0.3, -0.25) is 14.5 Å². The van der Waals surface area contributed by atoms with Gasteiger partial charge in [-0.1, -0.05) is 11.6 Å². The van der Waals surface area contributed by atoms with E-state index >= 15 is 0 Å². The minimum atomic E-state index is -4.56. The highest BCUT2D eigenvalue weighted by atomic mass is 35.5. The number of fused-ring (bicyclic) bond motifs is 5. The molecule has 2 bridgehead atoms. The predicted octanol–water partition coefficient (Wildman–Crippen LogP) is 1.92. The molecule has 3 aliphatic rings. The van der Waals surface area contributed by atoms with Crippen LogP contribution in [0.5, 0.6) is 0 Å². The molecule has 1 saturated heterocycles. The summed E-state index contributed by atoms with van der Waals surface area (Å²) in [6.45, 7) is 0.0328. The molecular formula is C18H16ClF3N4O3. The van der Waals surface area contributed by atoms with Crippen molar-refractivity contribution in [2.24, 2.45) is 29.6 Å². The quantitative estimate of drug-likeness (QED) is 0.710. The average molecular weight is 429 g/mol. The van der Waals surface area contributed by atoms with Crippen molar-refractivity contribution in [2.75, 3.05) is 18.4 Å². The number of pyridine rings is 1. The smallest absolute Gasteiger partial charge is 0.391 e. The third kappa shape index (κ3) is 3.04. The van der Waals surface area contributed by atoms with Crippen molar-refractivity contribution in [1.82, 2.24) is 9.88 Å². The number of nitriles is 1. The van der Waals surface area contributed by atoms with Crippen LogP contribution in [-0.4, -0.2) is 46.0 Å². The first-order valence-corrected chi connectivity index (χ1v) is 9.42. The Labute approximate surface area is 168 Å². The molecule has 2 N–H and O–H groups in total. The lowest BCUT2D eigenvalue weighted by molar-refractivity contribution is -0.141. The number of aromatic nitrogens is 1. The number of anilines is 1. The minimum absolute atomic E-state index is 0.0130. The van der Waals surface area contributed by atoms with Crippen LogP contribution in [-0.2, 0) is 15.8 Å². The number of nitrogens with zero attached hydrogens (tertiary/aromatic N) is 3. The number of carbonyl (C=O) groups is 2. The van der Waals surface area contributed by atoms with E-state index in [-0.39, 0.29) is 41.7 Å². The third-order valence-corrected chi connectivity index (χ3v) is 6.46. The molecule has 3 fully saturated rings. The van der Waals surface area contributed by atoms with Crippen molar-refractivity contribution in [3.63, 3.8) is 0 Å². The molecule has 0 radical (unpaired) electrons. The molecular weight excluding hydrogens is 413 g/mol. The molecule has 29 heavy (non-hydrogen) atoms. The van der Waals surface area contributed by atoms with E-state index in [1.807, 2.05) is 6.07 Å². The maximum absolute atomic E-state index is 12.7. The van der Waals surface area contributed by atoms with Crippen LogP contribution in [0.2, 0.25) is 5.02 Å². The number of aliphatic hydroxyl groups excluding tert-OH is 1. The monoisotopic (exact) mass is 428 g/mol. The number of hydrogen-bond acceptors (Lipinski definition) is 6. The van der Waals surface area contributed by atoms with Crippen LogP contribution in [0.3, 0.4) is 0 Å². The highest BCUT2D eigenvalue weighted by Crippen LogP contribution is 2.58. The molecule has 2 amide bonds. The Hall–Kier alpha value is -2.38. The van der Waals surface area contributed by atoms with Gasteiger partial charge in [-0.2, -0.15) is 18.4 Å². The molecule has 7 nitrogen and oxygen atoms in total. The zero-order chi connectivity index (χ0) is 21.1. The maximum Gasteiger partial charge on any atom is 0.417 e. The lowest BCUT2D eigenvalue weighted by Crippen LogP contribution is -2.39.